The van der Waals surface area contributed by atoms with Crippen LogP contribution in [0.1, 0.15) is 37.0 Å². The van der Waals surface area contributed by atoms with Crippen LogP contribution in [0.5, 0.6) is 5.75 Å². The number of hydrogen-bond donors (Lipinski definition) is 0. The van der Waals surface area contributed by atoms with Gasteiger partial charge in [-0.25, -0.2) is 8.42 Å². The molecule has 36 heavy (non-hydrogen) atoms. The number of ether oxygens (including phenoxy) is 2. The fourth-order valence-electron chi connectivity index (χ4n) is 4.09. The first-order valence-corrected chi connectivity index (χ1v) is 14.0. The van der Waals surface area contributed by atoms with E-state index in [9.17, 15) is 18.0 Å². The second kappa shape index (κ2) is 10.9. The molecule has 11 heteroatoms. The van der Waals surface area contributed by atoms with Crippen molar-refractivity contribution in [1.82, 2.24) is 8.87 Å². The van der Waals surface area contributed by atoms with Crippen LogP contribution in [0.25, 0.3) is 10.2 Å². The molecule has 192 valence electrons. The van der Waals surface area contributed by atoms with Crippen LogP contribution in [-0.4, -0.2) is 56.0 Å². The molecule has 0 atom stereocenters. The molecule has 2 aromatic carbocycles. The second-order valence-corrected chi connectivity index (χ2v) is 11.6. The Morgan fingerprint density at radius 2 is 1.81 bits per heavy atom. The normalized spacial score (nSPS) is 15.8. The fraction of sp³-hybridized carbons (Fsp3) is 0.400. The zero-order valence-corrected chi connectivity index (χ0v) is 22.1. The number of methoxy groups -OCH3 is 1. The van der Waals surface area contributed by atoms with Gasteiger partial charge in [-0.2, -0.15) is 9.30 Å². The lowest BCUT2D eigenvalue weighted by Crippen LogP contribution is -2.37. The van der Waals surface area contributed by atoms with Gasteiger partial charge in [-0.05, 0) is 62.1 Å². The zero-order valence-electron chi connectivity index (χ0n) is 20.5. The van der Waals surface area contributed by atoms with Crippen LogP contribution in [0.3, 0.4) is 0 Å². The molecule has 1 amide bonds. The summed E-state index contributed by atoms with van der Waals surface area (Å²) in [6.45, 7) is 5.27. The average molecular weight is 532 g/mol. The average Bonchev–Trinajstić information content (AvgIpc) is 3.21. The molecule has 1 saturated heterocycles. The maximum Gasteiger partial charge on any atom is 0.325 e. The molecule has 1 aliphatic rings. The molecule has 1 aliphatic heterocycles. The second-order valence-electron chi connectivity index (χ2n) is 8.61. The monoisotopic (exact) mass is 531 g/mol. The van der Waals surface area contributed by atoms with Crippen molar-refractivity contribution < 1.29 is 27.5 Å². The number of nitrogens with zero attached hydrogens (tertiary/aromatic N) is 3. The van der Waals surface area contributed by atoms with Gasteiger partial charge in [-0.15, -0.1) is 0 Å². The first-order chi connectivity index (χ1) is 17.2. The quantitative estimate of drug-likeness (QED) is 0.433. The third-order valence-electron chi connectivity index (χ3n) is 6.16. The Labute approximate surface area is 214 Å². The molecular weight excluding hydrogens is 502 g/mol. The molecule has 0 spiro atoms. The highest BCUT2D eigenvalue weighted by Crippen LogP contribution is 2.28. The van der Waals surface area contributed by atoms with Crippen LogP contribution >= 0.6 is 11.3 Å². The van der Waals surface area contributed by atoms with Gasteiger partial charge in [0.1, 0.15) is 17.8 Å². The number of amides is 1. The highest BCUT2D eigenvalue weighted by molar-refractivity contribution is 7.89. The van der Waals surface area contributed by atoms with Crippen molar-refractivity contribution in [2.45, 2.75) is 38.1 Å². The minimum atomic E-state index is -3.61. The number of hydrogen-bond acceptors (Lipinski definition) is 7. The van der Waals surface area contributed by atoms with Gasteiger partial charge in [0.05, 0.1) is 23.3 Å². The van der Waals surface area contributed by atoms with Gasteiger partial charge in [-0.1, -0.05) is 24.3 Å². The summed E-state index contributed by atoms with van der Waals surface area (Å²) in [6, 6.07) is 11.3. The van der Waals surface area contributed by atoms with E-state index in [-0.39, 0.29) is 17.0 Å². The molecule has 0 unspecified atom stereocenters. The summed E-state index contributed by atoms with van der Waals surface area (Å²) in [7, 11) is -2.32. The largest absolute Gasteiger partial charge is 0.492 e. The van der Waals surface area contributed by atoms with Crippen molar-refractivity contribution >= 4 is 43.5 Å². The van der Waals surface area contributed by atoms with Gasteiger partial charge in [0.2, 0.25) is 10.0 Å². The summed E-state index contributed by atoms with van der Waals surface area (Å²) in [5, 5.41) is 0. The third-order valence-corrected chi connectivity index (χ3v) is 9.11. The van der Waals surface area contributed by atoms with E-state index in [4.69, 9.17) is 9.47 Å². The van der Waals surface area contributed by atoms with Crippen molar-refractivity contribution in [2.24, 2.45) is 10.9 Å². The van der Waals surface area contributed by atoms with Crippen molar-refractivity contribution in [1.29, 1.82) is 0 Å². The molecule has 0 saturated carbocycles. The molecule has 3 aromatic rings. The molecule has 2 heterocycles. The number of piperidine rings is 1. The van der Waals surface area contributed by atoms with Crippen molar-refractivity contribution in [3.05, 3.63) is 52.8 Å². The van der Waals surface area contributed by atoms with Gasteiger partial charge in [-0.3, -0.25) is 9.59 Å². The smallest absolute Gasteiger partial charge is 0.325 e. The van der Waals surface area contributed by atoms with E-state index in [2.05, 4.69) is 11.9 Å². The Hall–Kier alpha value is -3.02. The van der Waals surface area contributed by atoms with Crippen LogP contribution < -0.4 is 9.54 Å². The van der Waals surface area contributed by atoms with Gasteiger partial charge in [0.15, 0.2) is 4.80 Å². The minimum Gasteiger partial charge on any atom is -0.492 e. The third kappa shape index (κ3) is 5.37. The molecule has 0 radical (unpaired) electrons. The minimum absolute atomic E-state index is 0.141. The van der Waals surface area contributed by atoms with E-state index in [1.807, 2.05) is 19.1 Å². The Balaban J connectivity index is 1.67. The first-order valence-electron chi connectivity index (χ1n) is 11.8. The summed E-state index contributed by atoms with van der Waals surface area (Å²) in [6.07, 6.45) is 1.67. The van der Waals surface area contributed by atoms with Gasteiger partial charge in [0, 0.05) is 18.7 Å². The van der Waals surface area contributed by atoms with E-state index in [0.29, 0.717) is 41.7 Å². The summed E-state index contributed by atoms with van der Waals surface area (Å²) in [4.78, 5) is 29.9. The standard InChI is InChI=1S/C25H29N3O6S2/c1-4-34-20-6-5-7-21-23(20)28(16-22(29)33-3)25(35-21)26-24(30)18-8-10-19(11-9-18)36(31,32)27-14-12-17(2)13-15-27/h5-11,17H,4,12-16H2,1-3H3. The van der Waals surface area contributed by atoms with Crippen LogP contribution in [0.15, 0.2) is 52.4 Å². The molecule has 0 N–H and O–H groups in total. The summed E-state index contributed by atoms with van der Waals surface area (Å²) in [5.41, 5.74) is 0.895. The van der Waals surface area contributed by atoms with Gasteiger partial charge in [0.25, 0.3) is 5.91 Å². The molecular formula is C25H29N3O6S2. The summed E-state index contributed by atoms with van der Waals surface area (Å²) in [5.74, 6) is 0.0506. The summed E-state index contributed by atoms with van der Waals surface area (Å²) >= 11 is 1.25. The van der Waals surface area contributed by atoms with E-state index in [1.165, 1.54) is 47.0 Å². The number of rotatable bonds is 7. The van der Waals surface area contributed by atoms with Gasteiger partial charge < -0.3 is 14.0 Å². The predicted octanol–water partition coefficient (Wildman–Crippen LogP) is 3.44. The molecule has 0 bridgehead atoms. The maximum atomic E-state index is 13.0. The highest BCUT2D eigenvalue weighted by Gasteiger charge is 2.28. The van der Waals surface area contributed by atoms with E-state index >= 15 is 0 Å². The molecule has 0 aliphatic carbocycles. The van der Waals surface area contributed by atoms with Crippen molar-refractivity contribution in [2.75, 3.05) is 26.8 Å². The Kier molecular flexibility index (Phi) is 7.91. The first kappa shape index (κ1) is 26.1. The van der Waals surface area contributed by atoms with Crippen LogP contribution in [-0.2, 0) is 26.1 Å². The Morgan fingerprint density at radius 1 is 1.11 bits per heavy atom. The SMILES string of the molecule is CCOc1cccc2sc(=NC(=O)c3ccc(S(=O)(=O)N4CCC(C)CC4)cc3)n(CC(=O)OC)c12. The lowest BCUT2D eigenvalue weighted by Gasteiger charge is -2.29. The Morgan fingerprint density at radius 3 is 2.44 bits per heavy atom. The zero-order chi connectivity index (χ0) is 25.9. The van der Waals surface area contributed by atoms with Crippen LogP contribution in [0, 0.1) is 5.92 Å². The number of aromatic nitrogens is 1. The van der Waals surface area contributed by atoms with E-state index in [0.717, 1.165) is 17.5 Å². The molecule has 9 nitrogen and oxygen atoms in total. The van der Waals surface area contributed by atoms with Crippen molar-refractivity contribution in [3.8, 4) is 5.75 Å². The maximum absolute atomic E-state index is 13.0. The lowest BCUT2D eigenvalue weighted by molar-refractivity contribution is -0.141. The predicted molar refractivity (Wildman–Crippen MR) is 136 cm³/mol. The fourth-order valence-corrected chi connectivity index (χ4v) is 6.61. The molecule has 1 fully saturated rings. The number of carbonyl (C=O) groups is 2. The van der Waals surface area contributed by atoms with E-state index in [1.54, 1.807) is 10.6 Å². The number of sulfonamides is 1. The van der Waals surface area contributed by atoms with E-state index < -0.39 is 21.9 Å². The lowest BCUT2D eigenvalue weighted by atomic mass is 10.0. The van der Waals surface area contributed by atoms with Gasteiger partial charge >= 0.3 is 5.97 Å². The van der Waals surface area contributed by atoms with Crippen molar-refractivity contribution in [3.63, 3.8) is 0 Å². The number of esters is 1. The Bertz CT molecular complexity index is 1430. The number of benzene rings is 2. The molecule has 4 rings (SSSR count). The number of carbonyl (C=O) groups excluding carboxylic acids is 2. The van der Waals surface area contributed by atoms with Crippen LogP contribution in [0.2, 0.25) is 0 Å². The summed E-state index contributed by atoms with van der Waals surface area (Å²) < 4.78 is 40.4. The number of para-hydroxylation sites is 1. The topological polar surface area (TPSA) is 107 Å². The highest BCUT2D eigenvalue weighted by atomic mass is 32.2. The van der Waals surface area contributed by atoms with Crippen LogP contribution in [0.4, 0.5) is 0 Å². The number of thiazole rings is 1. The number of fused-ring (bicyclic) bond motifs is 1. The molecule has 1 aromatic heterocycles.